The molecule has 1 fully saturated rings. The van der Waals surface area contributed by atoms with Crippen LogP contribution in [0.4, 0.5) is 11.8 Å². The summed E-state index contributed by atoms with van der Waals surface area (Å²) in [6, 6.07) is 4.10. The normalized spacial score (nSPS) is 15.9. The van der Waals surface area contributed by atoms with E-state index in [4.69, 9.17) is 15.5 Å². The molecule has 4 rings (SSSR count). The van der Waals surface area contributed by atoms with Gasteiger partial charge in [0.2, 0.25) is 5.95 Å². The van der Waals surface area contributed by atoms with E-state index in [1.165, 1.54) is 0 Å². The zero-order chi connectivity index (χ0) is 25.5. The molecule has 4 heterocycles. The molecule has 3 aromatic rings. The Morgan fingerprint density at radius 1 is 1.14 bits per heavy atom. The topological polar surface area (TPSA) is 147 Å². The molecule has 0 unspecified atom stereocenters. The molecule has 1 atom stereocenters. The van der Waals surface area contributed by atoms with E-state index in [2.05, 4.69) is 38.3 Å². The van der Waals surface area contributed by atoms with E-state index in [1.807, 2.05) is 10.7 Å². The fourth-order valence-corrected chi connectivity index (χ4v) is 4.99. The van der Waals surface area contributed by atoms with Crippen molar-refractivity contribution in [1.82, 2.24) is 29.6 Å². The Morgan fingerprint density at radius 3 is 2.64 bits per heavy atom. The maximum atomic E-state index is 9.50. The highest BCUT2D eigenvalue weighted by atomic mass is 16.5. The predicted molar refractivity (Wildman–Crippen MR) is 139 cm³/mol. The van der Waals surface area contributed by atoms with Crippen molar-refractivity contribution in [2.45, 2.75) is 57.5 Å². The van der Waals surface area contributed by atoms with Crippen LogP contribution in [0.25, 0.3) is 11.0 Å². The number of aliphatic hydroxyl groups is 2. The van der Waals surface area contributed by atoms with Crippen LogP contribution in [0.3, 0.4) is 0 Å². The van der Waals surface area contributed by atoms with E-state index < -0.39 is 0 Å². The number of nitrogens with one attached hydrogen (secondary N) is 1. The lowest BCUT2D eigenvalue weighted by Crippen LogP contribution is -2.35. The number of methoxy groups -OCH3 is 1. The summed E-state index contributed by atoms with van der Waals surface area (Å²) in [7, 11) is 1.65. The van der Waals surface area contributed by atoms with Gasteiger partial charge >= 0.3 is 0 Å². The summed E-state index contributed by atoms with van der Waals surface area (Å²) >= 11 is 0. The molecule has 1 aliphatic heterocycles. The lowest BCUT2D eigenvalue weighted by molar-refractivity contribution is 0.163. The maximum absolute atomic E-state index is 9.50. The minimum atomic E-state index is 0.0635. The molecule has 196 valence electrons. The van der Waals surface area contributed by atoms with Crippen molar-refractivity contribution < 1.29 is 14.9 Å². The molecule has 1 aliphatic rings. The fourth-order valence-electron chi connectivity index (χ4n) is 4.99. The predicted octanol–water partition coefficient (Wildman–Crippen LogP) is 2.00. The van der Waals surface area contributed by atoms with Crippen molar-refractivity contribution in [1.29, 1.82) is 0 Å². The number of anilines is 2. The molecule has 5 N–H and O–H groups in total. The van der Waals surface area contributed by atoms with Crippen molar-refractivity contribution in [3.05, 3.63) is 29.7 Å². The average Bonchev–Trinajstić information content (AvgIpc) is 3.27. The second-order valence-electron chi connectivity index (χ2n) is 9.33. The monoisotopic (exact) mass is 498 g/mol. The molecule has 11 heteroatoms. The van der Waals surface area contributed by atoms with Crippen LogP contribution in [0.1, 0.15) is 56.3 Å². The molecule has 3 aromatic heterocycles. The van der Waals surface area contributed by atoms with Crippen molar-refractivity contribution >= 4 is 22.8 Å². The number of nitrogens with zero attached hydrogens (tertiary/aromatic N) is 6. The molecule has 11 nitrogen and oxygen atoms in total. The van der Waals surface area contributed by atoms with Gasteiger partial charge in [0.15, 0.2) is 5.82 Å². The smallest absolute Gasteiger partial charge is 0.222 e. The number of likely N-dealkylation sites (tertiary alicyclic amines) is 1. The Balaban J connectivity index is 1.62. The second-order valence-corrected chi connectivity index (χ2v) is 9.33. The van der Waals surface area contributed by atoms with Gasteiger partial charge in [-0.1, -0.05) is 13.3 Å². The Bertz CT molecular complexity index is 1120. The van der Waals surface area contributed by atoms with E-state index in [9.17, 15) is 10.2 Å². The lowest BCUT2D eigenvalue weighted by Gasteiger charge is -2.31. The highest BCUT2D eigenvalue weighted by molar-refractivity contribution is 5.86. The van der Waals surface area contributed by atoms with Gasteiger partial charge in [0, 0.05) is 30.8 Å². The summed E-state index contributed by atoms with van der Waals surface area (Å²) in [4.78, 5) is 16.2. The number of aromatic nitrogens is 5. The van der Waals surface area contributed by atoms with Gasteiger partial charge in [0.25, 0.3) is 0 Å². The van der Waals surface area contributed by atoms with E-state index in [0.29, 0.717) is 36.0 Å². The second kappa shape index (κ2) is 12.3. The molecular formula is C25H38N8O3. The quantitative estimate of drug-likeness (QED) is 0.292. The van der Waals surface area contributed by atoms with Gasteiger partial charge in [0.05, 0.1) is 26.5 Å². The summed E-state index contributed by atoms with van der Waals surface area (Å²) in [6.45, 7) is 5.43. The molecule has 0 radical (unpaired) electrons. The molecule has 1 saturated heterocycles. The molecular weight excluding hydrogens is 460 g/mol. The third kappa shape index (κ3) is 6.03. The third-order valence-electron chi connectivity index (χ3n) is 6.86. The number of hydrogen-bond acceptors (Lipinski definition) is 10. The first-order chi connectivity index (χ1) is 17.6. The number of ether oxygens (including phenoxy) is 1. The fraction of sp³-hybridized carbons (Fsp3) is 0.600. The largest absolute Gasteiger partial charge is 0.495 e. The molecule has 36 heavy (non-hydrogen) atoms. The maximum Gasteiger partial charge on any atom is 0.222 e. The number of nitrogen functional groups attached to an aromatic ring is 1. The number of aliphatic hydroxyl groups excluding tert-OH is 2. The van der Waals surface area contributed by atoms with Gasteiger partial charge in [0.1, 0.15) is 22.5 Å². The van der Waals surface area contributed by atoms with Crippen LogP contribution in [0, 0.1) is 0 Å². The minimum Gasteiger partial charge on any atom is -0.495 e. The number of rotatable bonds is 12. The van der Waals surface area contributed by atoms with Crippen LogP contribution >= 0.6 is 0 Å². The number of pyridine rings is 1. The van der Waals surface area contributed by atoms with Gasteiger partial charge in [-0.2, -0.15) is 10.1 Å². The number of hydrogen-bond donors (Lipinski definition) is 4. The molecule has 0 aromatic carbocycles. The first-order valence-electron chi connectivity index (χ1n) is 12.8. The number of β-amino-alcohol motifs (C(OH)–C–C–N with tert-alkyl or cyclic N) is 1. The van der Waals surface area contributed by atoms with Gasteiger partial charge in [-0.05, 0) is 50.9 Å². The Morgan fingerprint density at radius 2 is 1.94 bits per heavy atom. The van der Waals surface area contributed by atoms with E-state index in [1.54, 1.807) is 13.3 Å². The summed E-state index contributed by atoms with van der Waals surface area (Å²) < 4.78 is 7.47. The van der Waals surface area contributed by atoms with E-state index >= 15 is 0 Å². The molecule has 0 spiro atoms. The Hall–Kier alpha value is -3.02. The highest BCUT2D eigenvalue weighted by Gasteiger charge is 2.23. The van der Waals surface area contributed by atoms with Gasteiger partial charge < -0.3 is 30.9 Å². The zero-order valence-electron chi connectivity index (χ0n) is 21.2. The molecule has 0 bridgehead atoms. The number of fused-ring (bicyclic) bond motifs is 1. The third-order valence-corrected chi connectivity index (χ3v) is 6.86. The van der Waals surface area contributed by atoms with Crippen molar-refractivity contribution in [3.8, 4) is 5.75 Å². The summed E-state index contributed by atoms with van der Waals surface area (Å²) in [5, 5.41) is 26.8. The number of nitrogens with two attached hydrogens (primary N) is 1. The zero-order valence-corrected chi connectivity index (χ0v) is 21.2. The van der Waals surface area contributed by atoms with Crippen molar-refractivity contribution in [2.75, 3.05) is 51.0 Å². The molecule has 0 amide bonds. The summed E-state index contributed by atoms with van der Waals surface area (Å²) in [5.74, 6) is 1.85. The average molecular weight is 499 g/mol. The van der Waals surface area contributed by atoms with Crippen molar-refractivity contribution in [3.63, 3.8) is 0 Å². The van der Waals surface area contributed by atoms with E-state index in [0.717, 1.165) is 62.2 Å². The molecule has 0 aliphatic carbocycles. The summed E-state index contributed by atoms with van der Waals surface area (Å²) in [5.41, 5.74) is 9.23. The highest BCUT2D eigenvalue weighted by Crippen LogP contribution is 2.30. The van der Waals surface area contributed by atoms with Crippen LogP contribution in [0.2, 0.25) is 0 Å². The van der Waals surface area contributed by atoms with E-state index in [-0.39, 0.29) is 25.2 Å². The summed E-state index contributed by atoms with van der Waals surface area (Å²) in [6.07, 6.45) is 6.19. The van der Waals surface area contributed by atoms with Crippen molar-refractivity contribution in [2.24, 2.45) is 0 Å². The Kier molecular flexibility index (Phi) is 8.89. The van der Waals surface area contributed by atoms with Crippen LogP contribution < -0.4 is 15.8 Å². The van der Waals surface area contributed by atoms with Gasteiger partial charge in [-0.15, -0.1) is 0 Å². The first kappa shape index (κ1) is 26.1. The van der Waals surface area contributed by atoms with Crippen LogP contribution in [0.15, 0.2) is 18.3 Å². The standard InChI is InChI=1S/C25H38N8O3/c1-3-4-18(9-13-34)28-24-23-20(30-25(26)31-24)15-27-33(23)16-21-22(36-2)6-5-19(29-21)17-7-10-32(11-8-17)12-14-35/h5-6,15,17-18,34-35H,3-4,7-14,16H2,1-2H3,(H3,26,28,30,31)/t18-/m0/s1. The van der Waals surface area contributed by atoms with Gasteiger partial charge in [-0.3, -0.25) is 9.67 Å². The van der Waals surface area contributed by atoms with Crippen LogP contribution in [-0.2, 0) is 6.54 Å². The van der Waals surface area contributed by atoms with Crippen LogP contribution in [-0.4, -0.2) is 85.8 Å². The minimum absolute atomic E-state index is 0.0635. The first-order valence-corrected chi connectivity index (χ1v) is 12.8. The van der Waals surface area contributed by atoms with Gasteiger partial charge in [-0.25, -0.2) is 4.98 Å². The number of piperidine rings is 1. The SMILES string of the molecule is CCC[C@@H](CCO)Nc1nc(N)nc2cnn(Cc3nc(C4CCN(CCO)CC4)ccc3OC)c12. The van der Waals surface area contributed by atoms with Crippen LogP contribution in [0.5, 0.6) is 5.75 Å². The molecule has 0 saturated carbocycles. The lowest BCUT2D eigenvalue weighted by atomic mass is 9.93. The Labute approximate surface area is 211 Å².